The zero-order valence-electron chi connectivity index (χ0n) is 23.5. The van der Waals surface area contributed by atoms with Crippen LogP contribution in [0.15, 0.2) is 36.4 Å². The molecule has 0 amide bonds. The molecule has 0 unspecified atom stereocenters. The van der Waals surface area contributed by atoms with Gasteiger partial charge in [-0.1, -0.05) is 24.3 Å². The molecule has 0 radical (unpaired) electrons. The van der Waals surface area contributed by atoms with E-state index in [1.54, 1.807) is 14.2 Å². The van der Waals surface area contributed by atoms with Crippen LogP contribution in [0.5, 0.6) is 5.75 Å². The fraction of sp³-hybridized carbons (Fsp3) is 0.613. The van der Waals surface area contributed by atoms with Crippen LogP contribution in [0.25, 0.3) is 0 Å². The summed E-state index contributed by atoms with van der Waals surface area (Å²) in [5.74, 6) is 0.946. The molecule has 1 fully saturated rings. The van der Waals surface area contributed by atoms with Crippen LogP contribution in [0.3, 0.4) is 0 Å². The minimum absolute atomic E-state index is 0.0861. The van der Waals surface area contributed by atoms with E-state index < -0.39 is 5.60 Å². The summed E-state index contributed by atoms with van der Waals surface area (Å²) in [5.41, 5.74) is 5.67. The van der Waals surface area contributed by atoms with Crippen molar-refractivity contribution >= 4 is 5.69 Å². The summed E-state index contributed by atoms with van der Waals surface area (Å²) < 4.78 is 35.5. The third kappa shape index (κ3) is 6.76. The quantitative estimate of drug-likeness (QED) is 0.408. The zero-order valence-corrected chi connectivity index (χ0v) is 23.5. The second kappa shape index (κ2) is 13.9. The van der Waals surface area contributed by atoms with Crippen molar-refractivity contribution in [1.82, 2.24) is 5.32 Å². The summed E-state index contributed by atoms with van der Waals surface area (Å²) in [7, 11) is 3.45. The summed E-state index contributed by atoms with van der Waals surface area (Å²) in [6.07, 6.45) is 3.81. The maximum Gasteiger partial charge on any atom is 0.142 e. The second-order valence-corrected chi connectivity index (χ2v) is 10.6. The van der Waals surface area contributed by atoms with Gasteiger partial charge in [0.1, 0.15) is 24.1 Å². The molecular weight excluding hydrogens is 496 g/mol. The number of methoxy groups -OCH3 is 2. The van der Waals surface area contributed by atoms with Crippen LogP contribution in [0.4, 0.5) is 5.69 Å². The van der Waals surface area contributed by atoms with E-state index in [1.807, 2.05) is 0 Å². The maximum absolute atomic E-state index is 6.72. The first-order valence-electron chi connectivity index (χ1n) is 14.4. The van der Waals surface area contributed by atoms with Gasteiger partial charge in [0.05, 0.1) is 38.7 Å². The lowest BCUT2D eigenvalue weighted by Crippen LogP contribution is -2.54. The fourth-order valence-corrected chi connectivity index (χ4v) is 6.02. The first-order chi connectivity index (χ1) is 19.2. The highest BCUT2D eigenvalue weighted by Gasteiger charge is 2.46. The Hall–Kier alpha value is -2.20. The average Bonchev–Trinajstić information content (AvgIpc) is 3.14. The van der Waals surface area contributed by atoms with Crippen LogP contribution in [-0.2, 0) is 48.9 Å². The van der Waals surface area contributed by atoms with E-state index in [0.717, 1.165) is 82.1 Å². The molecule has 3 heterocycles. The number of piperidine rings is 1. The Morgan fingerprint density at radius 1 is 1.00 bits per heavy atom. The molecule has 1 spiro atoms. The molecule has 3 aliphatic heterocycles. The van der Waals surface area contributed by atoms with E-state index in [1.165, 1.54) is 16.7 Å². The molecule has 8 heteroatoms. The van der Waals surface area contributed by atoms with Crippen LogP contribution >= 0.6 is 0 Å². The molecular formula is C31H44N2O6. The molecule has 2 aromatic rings. The van der Waals surface area contributed by atoms with Crippen LogP contribution in [-0.4, -0.2) is 79.5 Å². The Morgan fingerprint density at radius 3 is 2.77 bits per heavy atom. The molecule has 5 rings (SSSR count). The van der Waals surface area contributed by atoms with Gasteiger partial charge in [0.2, 0.25) is 0 Å². The first kappa shape index (κ1) is 28.3. The number of benzene rings is 2. The molecule has 1 N–H and O–H groups in total. The third-order valence-electron chi connectivity index (χ3n) is 8.01. The summed E-state index contributed by atoms with van der Waals surface area (Å²) in [6.45, 7) is 8.05. The van der Waals surface area contributed by atoms with Gasteiger partial charge in [-0.3, -0.25) is 0 Å². The number of ether oxygens (including phenoxy) is 6. The molecule has 0 saturated carbocycles. The monoisotopic (exact) mass is 540 g/mol. The Bertz CT molecular complexity index is 1070. The van der Waals surface area contributed by atoms with E-state index in [4.69, 9.17) is 28.4 Å². The van der Waals surface area contributed by atoms with Crippen molar-refractivity contribution in [1.29, 1.82) is 0 Å². The minimum Gasteiger partial charge on any atom is -0.490 e. The molecule has 0 aliphatic carbocycles. The van der Waals surface area contributed by atoms with Gasteiger partial charge in [0, 0.05) is 40.5 Å². The molecule has 0 bridgehead atoms. The number of hydrogen-bond donors (Lipinski definition) is 1. The number of rotatable bonds is 12. The SMILES string of the molecule is COCCCN1CCOc2ccc(CO[C@H]3CNCC[C@@]34OCCCc3cc(COCCOC)ccc34)cc21. The van der Waals surface area contributed by atoms with E-state index in [9.17, 15) is 0 Å². The smallest absolute Gasteiger partial charge is 0.142 e. The fourth-order valence-electron chi connectivity index (χ4n) is 6.02. The van der Waals surface area contributed by atoms with Crippen molar-refractivity contribution in [2.24, 2.45) is 0 Å². The third-order valence-corrected chi connectivity index (χ3v) is 8.01. The Labute approximate surface area is 232 Å². The predicted molar refractivity (Wildman–Crippen MR) is 151 cm³/mol. The topological polar surface area (TPSA) is 70.7 Å². The van der Waals surface area contributed by atoms with Gasteiger partial charge < -0.3 is 38.6 Å². The minimum atomic E-state index is -0.448. The number of fused-ring (bicyclic) bond motifs is 3. The van der Waals surface area contributed by atoms with Gasteiger partial charge in [0.25, 0.3) is 0 Å². The first-order valence-corrected chi connectivity index (χ1v) is 14.4. The van der Waals surface area contributed by atoms with Gasteiger partial charge in [-0.25, -0.2) is 0 Å². The van der Waals surface area contributed by atoms with Crippen LogP contribution < -0.4 is 15.0 Å². The molecule has 3 aliphatic rings. The van der Waals surface area contributed by atoms with Gasteiger partial charge in [-0.2, -0.15) is 0 Å². The Balaban J connectivity index is 1.31. The maximum atomic E-state index is 6.72. The summed E-state index contributed by atoms with van der Waals surface area (Å²) in [5, 5.41) is 3.55. The highest BCUT2D eigenvalue weighted by atomic mass is 16.6. The van der Waals surface area contributed by atoms with Gasteiger partial charge >= 0.3 is 0 Å². The molecule has 2 aromatic carbocycles. The van der Waals surface area contributed by atoms with Gasteiger partial charge in [-0.15, -0.1) is 0 Å². The molecule has 0 aromatic heterocycles. The van der Waals surface area contributed by atoms with Crippen LogP contribution in [0.2, 0.25) is 0 Å². The predicted octanol–water partition coefficient (Wildman–Crippen LogP) is 3.82. The number of anilines is 1. The Kier molecular flexibility index (Phi) is 10.1. The molecule has 8 nitrogen and oxygen atoms in total. The van der Waals surface area contributed by atoms with E-state index in [2.05, 4.69) is 46.6 Å². The standard InChI is InChI=1S/C31H44N2O6/c1-34-14-4-12-33-13-16-37-29-9-7-25(20-28(29)33)23-38-30-21-32-11-10-31(30)27-8-6-24(22-36-18-17-35-2)19-26(27)5-3-15-39-31/h6-9,19-20,30,32H,3-5,10-18,21-23H2,1-2H3/t30-,31-/m0/s1. The van der Waals surface area contributed by atoms with Crippen molar-refractivity contribution in [3.8, 4) is 5.75 Å². The molecule has 214 valence electrons. The second-order valence-electron chi connectivity index (χ2n) is 10.6. The molecule has 1 saturated heterocycles. The van der Waals surface area contributed by atoms with Gasteiger partial charge in [0.15, 0.2) is 0 Å². The highest BCUT2D eigenvalue weighted by Crippen LogP contribution is 2.42. The largest absolute Gasteiger partial charge is 0.490 e. The summed E-state index contributed by atoms with van der Waals surface area (Å²) in [4.78, 5) is 2.40. The average molecular weight is 541 g/mol. The zero-order chi connectivity index (χ0) is 26.9. The lowest BCUT2D eigenvalue weighted by Gasteiger charge is -2.44. The van der Waals surface area contributed by atoms with Crippen LogP contribution in [0, 0.1) is 0 Å². The molecule has 39 heavy (non-hydrogen) atoms. The summed E-state index contributed by atoms with van der Waals surface area (Å²) >= 11 is 0. The van der Waals surface area contributed by atoms with Crippen molar-refractivity contribution in [2.75, 3.05) is 78.3 Å². The van der Waals surface area contributed by atoms with Crippen molar-refractivity contribution < 1.29 is 28.4 Å². The lowest BCUT2D eigenvalue weighted by molar-refractivity contribution is -0.168. The van der Waals surface area contributed by atoms with Crippen molar-refractivity contribution in [3.63, 3.8) is 0 Å². The van der Waals surface area contributed by atoms with E-state index in [0.29, 0.717) is 33.0 Å². The van der Waals surface area contributed by atoms with Crippen molar-refractivity contribution in [3.05, 3.63) is 58.7 Å². The van der Waals surface area contributed by atoms with E-state index in [-0.39, 0.29) is 6.10 Å². The highest BCUT2D eigenvalue weighted by molar-refractivity contribution is 5.61. The number of nitrogens with one attached hydrogen (secondary N) is 1. The van der Waals surface area contributed by atoms with Crippen LogP contribution in [0.1, 0.15) is 41.5 Å². The normalized spacial score (nSPS) is 22.7. The molecule has 2 atom stereocenters. The number of nitrogens with zero attached hydrogens (tertiary/aromatic N) is 1. The Morgan fingerprint density at radius 2 is 1.87 bits per heavy atom. The number of hydrogen-bond acceptors (Lipinski definition) is 8. The van der Waals surface area contributed by atoms with Crippen molar-refractivity contribution in [2.45, 2.75) is 50.6 Å². The number of aryl methyl sites for hydroxylation is 1. The summed E-state index contributed by atoms with van der Waals surface area (Å²) in [6, 6.07) is 13.2. The van der Waals surface area contributed by atoms with E-state index >= 15 is 0 Å². The van der Waals surface area contributed by atoms with Gasteiger partial charge in [-0.05, 0) is 66.6 Å². The lowest BCUT2D eigenvalue weighted by atomic mass is 9.79.